The fraction of sp³-hybridized carbons (Fsp3) is 0.778. The van der Waals surface area contributed by atoms with Crippen molar-refractivity contribution >= 4 is 24.0 Å². The molecule has 0 heterocycles. The number of hydrogen-bond donors (Lipinski definition) is 2. The molecular weight excluding hydrogens is 202 g/mol. The number of aliphatic carboxylic acids is 1. The van der Waals surface area contributed by atoms with Crippen molar-refractivity contribution in [3.8, 4) is 0 Å². The standard InChI is InChI=1S/C9H16NO3S/c1-3-9(2,7(10)8(12)13)14-6-4-5-11/h7H,3-4,6,10H2,1-2H3,(H,12,13)/t7-,9+/m1/s1. The predicted molar refractivity (Wildman–Crippen MR) is 57.1 cm³/mol. The Kier molecular flexibility index (Phi) is 5.79. The highest BCUT2D eigenvalue weighted by Gasteiger charge is 2.35. The topological polar surface area (TPSA) is 80.4 Å². The number of carbonyl (C=O) groups excluding carboxylic acids is 1. The molecule has 14 heavy (non-hydrogen) atoms. The molecule has 0 saturated carbocycles. The number of nitrogens with two attached hydrogens (primary N) is 1. The van der Waals surface area contributed by atoms with Crippen LogP contribution in [0.5, 0.6) is 0 Å². The zero-order chi connectivity index (χ0) is 11.2. The number of carboxylic acid groups (broad SMARTS) is 1. The van der Waals surface area contributed by atoms with E-state index in [2.05, 4.69) is 0 Å². The van der Waals surface area contributed by atoms with Crippen molar-refractivity contribution in [3.05, 3.63) is 0 Å². The van der Waals surface area contributed by atoms with Crippen LogP contribution in [0, 0.1) is 0 Å². The predicted octanol–water partition coefficient (Wildman–Crippen LogP) is 0.800. The van der Waals surface area contributed by atoms with Crippen LogP contribution in [0.1, 0.15) is 26.7 Å². The van der Waals surface area contributed by atoms with Crippen LogP contribution < -0.4 is 5.73 Å². The number of thioether (sulfide) groups is 1. The second-order valence-electron chi connectivity index (χ2n) is 3.22. The Labute approximate surface area is 88.2 Å². The van der Waals surface area contributed by atoms with E-state index < -0.39 is 16.8 Å². The van der Waals surface area contributed by atoms with E-state index in [1.165, 1.54) is 11.8 Å². The van der Waals surface area contributed by atoms with Gasteiger partial charge in [-0.15, -0.1) is 0 Å². The van der Waals surface area contributed by atoms with Crippen molar-refractivity contribution in [3.63, 3.8) is 0 Å². The second-order valence-corrected chi connectivity index (χ2v) is 4.85. The molecule has 1 radical (unpaired) electrons. The van der Waals surface area contributed by atoms with E-state index in [9.17, 15) is 9.59 Å². The normalized spacial score (nSPS) is 17.1. The van der Waals surface area contributed by atoms with Crippen LogP contribution in [0.25, 0.3) is 0 Å². The molecule has 0 aliphatic carbocycles. The SMILES string of the molecule is CC[C@](C)(SCC[C]=O)[C@H](N)C(=O)O. The Hall–Kier alpha value is -0.550. The van der Waals surface area contributed by atoms with Gasteiger partial charge in [-0.05, 0) is 13.3 Å². The Morgan fingerprint density at radius 3 is 2.64 bits per heavy atom. The van der Waals surface area contributed by atoms with Crippen LogP contribution in [0.2, 0.25) is 0 Å². The zero-order valence-electron chi connectivity index (χ0n) is 8.45. The first-order valence-corrected chi connectivity index (χ1v) is 5.44. The van der Waals surface area contributed by atoms with Crippen LogP contribution >= 0.6 is 11.8 Å². The van der Waals surface area contributed by atoms with Crippen LogP contribution in [0.3, 0.4) is 0 Å². The fourth-order valence-electron chi connectivity index (χ4n) is 0.999. The van der Waals surface area contributed by atoms with Gasteiger partial charge in [0.2, 0.25) is 0 Å². The summed E-state index contributed by atoms with van der Waals surface area (Å²) in [6.07, 6.45) is 2.74. The highest BCUT2D eigenvalue weighted by atomic mass is 32.2. The molecule has 0 fully saturated rings. The maximum Gasteiger partial charge on any atom is 0.321 e. The van der Waals surface area contributed by atoms with Crippen molar-refractivity contribution in [2.24, 2.45) is 5.73 Å². The van der Waals surface area contributed by atoms with Gasteiger partial charge in [-0.25, -0.2) is 0 Å². The molecule has 0 aromatic heterocycles. The molecule has 4 nitrogen and oxygen atoms in total. The molecule has 0 saturated heterocycles. The monoisotopic (exact) mass is 218 g/mol. The molecule has 0 rings (SSSR count). The van der Waals surface area contributed by atoms with E-state index in [0.29, 0.717) is 18.6 Å². The number of rotatable bonds is 7. The molecule has 0 aromatic rings. The molecule has 5 heteroatoms. The van der Waals surface area contributed by atoms with Gasteiger partial charge in [0, 0.05) is 16.9 Å². The molecule has 0 bridgehead atoms. The average Bonchev–Trinajstić information content (AvgIpc) is 2.16. The largest absolute Gasteiger partial charge is 0.480 e. The summed E-state index contributed by atoms with van der Waals surface area (Å²) in [5, 5.41) is 8.79. The molecule has 0 aliphatic heterocycles. The van der Waals surface area contributed by atoms with Crippen molar-refractivity contribution in [2.75, 3.05) is 5.75 Å². The van der Waals surface area contributed by atoms with E-state index in [-0.39, 0.29) is 0 Å². The Morgan fingerprint density at radius 1 is 1.71 bits per heavy atom. The lowest BCUT2D eigenvalue weighted by Gasteiger charge is -2.31. The van der Waals surface area contributed by atoms with Crippen LogP contribution in [0.4, 0.5) is 0 Å². The van der Waals surface area contributed by atoms with E-state index >= 15 is 0 Å². The lowest BCUT2D eigenvalue weighted by atomic mass is 9.99. The van der Waals surface area contributed by atoms with Gasteiger partial charge in [0.05, 0.1) is 0 Å². The maximum atomic E-state index is 10.7. The summed E-state index contributed by atoms with van der Waals surface area (Å²) in [5.41, 5.74) is 5.57. The van der Waals surface area contributed by atoms with Crippen LogP contribution in [-0.2, 0) is 9.59 Å². The highest BCUT2D eigenvalue weighted by Crippen LogP contribution is 2.31. The highest BCUT2D eigenvalue weighted by molar-refractivity contribution is 8.00. The molecule has 0 amide bonds. The Morgan fingerprint density at radius 2 is 2.29 bits per heavy atom. The number of hydrogen-bond acceptors (Lipinski definition) is 4. The molecule has 0 aromatic carbocycles. The summed E-state index contributed by atoms with van der Waals surface area (Å²) >= 11 is 1.42. The van der Waals surface area contributed by atoms with Crippen molar-refractivity contribution in [2.45, 2.75) is 37.5 Å². The summed E-state index contributed by atoms with van der Waals surface area (Å²) < 4.78 is -0.511. The van der Waals surface area contributed by atoms with Gasteiger partial charge < -0.3 is 10.8 Å². The van der Waals surface area contributed by atoms with Gasteiger partial charge in [0.1, 0.15) is 6.04 Å². The van der Waals surface area contributed by atoms with E-state index in [1.54, 1.807) is 13.2 Å². The van der Waals surface area contributed by atoms with Gasteiger partial charge in [-0.3, -0.25) is 9.59 Å². The molecule has 2 atom stereocenters. The number of carbonyl (C=O) groups is 1. The average molecular weight is 218 g/mol. The van der Waals surface area contributed by atoms with Gasteiger partial charge in [0.25, 0.3) is 0 Å². The van der Waals surface area contributed by atoms with E-state index in [4.69, 9.17) is 10.8 Å². The van der Waals surface area contributed by atoms with Crippen LogP contribution in [-0.4, -0.2) is 33.9 Å². The maximum absolute atomic E-state index is 10.7. The van der Waals surface area contributed by atoms with Crippen molar-refractivity contribution in [1.82, 2.24) is 0 Å². The molecule has 0 spiro atoms. The third-order valence-corrected chi connectivity index (χ3v) is 3.87. The Bertz CT molecular complexity index is 210. The summed E-state index contributed by atoms with van der Waals surface area (Å²) in [6.45, 7) is 3.70. The summed E-state index contributed by atoms with van der Waals surface area (Å²) in [7, 11) is 0. The van der Waals surface area contributed by atoms with Crippen molar-refractivity contribution in [1.29, 1.82) is 0 Å². The first-order chi connectivity index (χ1) is 6.48. The minimum absolute atomic E-state index is 0.312. The fourth-order valence-corrected chi connectivity index (χ4v) is 2.14. The lowest BCUT2D eigenvalue weighted by Crippen LogP contribution is -2.48. The first kappa shape index (κ1) is 13.4. The summed E-state index contributed by atoms with van der Waals surface area (Å²) in [5.74, 6) is -0.439. The van der Waals surface area contributed by atoms with Crippen molar-refractivity contribution < 1.29 is 14.7 Å². The van der Waals surface area contributed by atoms with E-state index in [1.807, 2.05) is 6.92 Å². The molecule has 81 valence electrons. The Balaban J connectivity index is 4.30. The first-order valence-electron chi connectivity index (χ1n) is 4.45. The molecule has 0 aliphatic rings. The van der Waals surface area contributed by atoms with Gasteiger partial charge in [-0.2, -0.15) is 11.8 Å². The lowest BCUT2D eigenvalue weighted by molar-refractivity contribution is -0.139. The molecule has 3 N–H and O–H groups in total. The third kappa shape index (κ3) is 3.67. The number of carboxylic acids is 1. The van der Waals surface area contributed by atoms with E-state index in [0.717, 1.165) is 0 Å². The molecular formula is C9H16NO3S. The zero-order valence-corrected chi connectivity index (χ0v) is 9.26. The smallest absolute Gasteiger partial charge is 0.321 e. The van der Waals surface area contributed by atoms with Gasteiger partial charge in [0.15, 0.2) is 6.29 Å². The van der Waals surface area contributed by atoms with Gasteiger partial charge >= 0.3 is 5.97 Å². The van der Waals surface area contributed by atoms with Crippen LogP contribution in [0.15, 0.2) is 0 Å². The second kappa shape index (κ2) is 6.03. The molecule has 0 unspecified atom stereocenters. The summed E-state index contributed by atoms with van der Waals surface area (Å²) in [6, 6.07) is -0.899. The van der Waals surface area contributed by atoms with Gasteiger partial charge in [-0.1, -0.05) is 6.92 Å². The minimum Gasteiger partial charge on any atom is -0.480 e. The third-order valence-electron chi connectivity index (χ3n) is 2.26. The summed E-state index contributed by atoms with van der Waals surface area (Å²) in [4.78, 5) is 20.7. The minimum atomic E-state index is -1.00. The quantitative estimate of drug-likeness (QED) is 0.618.